The Balaban J connectivity index is 0.921. The van der Waals surface area contributed by atoms with E-state index in [9.17, 15) is 0 Å². The fraction of sp³-hybridized carbons (Fsp3) is 0.0667. The Morgan fingerprint density at radius 1 is 0.235 bits per heavy atom. The van der Waals surface area contributed by atoms with Crippen molar-refractivity contribution in [3.05, 3.63) is 326 Å². The molecule has 0 saturated heterocycles. The zero-order valence-electron chi connectivity index (χ0n) is 54.4. The standard InChI is InChI=1S/C90H62N8/c1-89(2)69-44-21-17-38-61(69)63-50-52-75-79(81(63)89)65-40-19-23-46-71(65)97(75)73-48-26-42-67(87-93-83(55-28-9-5-10-29-55)91-84(94-87)56-30-11-6-12-31-56)77(73)59-36-25-37-60(54-59)78-68(88-95-85(57-32-13-7-14-33-57)92-86(96-88)58-34-15-8-16-35-58)43-27-49-74(78)98-72-47-24-20-41-66(72)80-76(98)53-51-64-62-39-18-22-45-70(62)90(3,4)82(64)80/h5-54H,1-4H3. The molecular weight excluding hydrogens is 1190 g/mol. The van der Waals surface area contributed by atoms with Crippen molar-refractivity contribution < 1.29 is 0 Å². The molecule has 0 atom stereocenters. The molecule has 0 N–H and O–H groups in total. The molecule has 2 aliphatic carbocycles. The average molecular weight is 1260 g/mol. The molecule has 2 aliphatic rings. The monoisotopic (exact) mass is 1250 g/mol. The summed E-state index contributed by atoms with van der Waals surface area (Å²) in [7, 11) is 0. The van der Waals surface area contributed by atoms with Gasteiger partial charge in [-0.3, -0.25) is 0 Å². The maximum atomic E-state index is 5.52. The minimum Gasteiger partial charge on any atom is -0.309 e. The number of para-hydroxylation sites is 2. The van der Waals surface area contributed by atoms with Crippen molar-refractivity contribution >= 4 is 43.6 Å². The van der Waals surface area contributed by atoms with Crippen molar-refractivity contribution in [3.8, 4) is 124 Å². The van der Waals surface area contributed by atoms with Gasteiger partial charge in [0.25, 0.3) is 0 Å². The van der Waals surface area contributed by atoms with Crippen LogP contribution in [-0.2, 0) is 10.8 Å². The van der Waals surface area contributed by atoms with E-state index in [0.717, 1.165) is 89.1 Å². The number of hydrogen-bond acceptors (Lipinski definition) is 6. The summed E-state index contributed by atoms with van der Waals surface area (Å²) in [5.41, 5.74) is 25.4. The van der Waals surface area contributed by atoms with Gasteiger partial charge in [-0.15, -0.1) is 0 Å². The second kappa shape index (κ2) is 22.0. The van der Waals surface area contributed by atoms with E-state index in [1.165, 1.54) is 66.1 Å². The van der Waals surface area contributed by atoms with Crippen molar-refractivity contribution in [2.24, 2.45) is 0 Å². The molecule has 4 heterocycles. The summed E-state index contributed by atoms with van der Waals surface area (Å²) in [6.45, 7) is 9.54. The molecule has 8 heteroatoms. The highest BCUT2D eigenvalue weighted by Gasteiger charge is 2.40. The van der Waals surface area contributed by atoms with E-state index in [1.54, 1.807) is 0 Å². The Morgan fingerprint density at radius 2 is 0.541 bits per heavy atom. The lowest BCUT2D eigenvalue weighted by Crippen LogP contribution is -2.15. The first-order valence-electron chi connectivity index (χ1n) is 33.6. The Bertz CT molecular complexity index is 5620. The predicted octanol–water partition coefficient (Wildman–Crippen LogP) is 22.2. The third kappa shape index (κ3) is 8.70. The van der Waals surface area contributed by atoms with Gasteiger partial charge < -0.3 is 9.13 Å². The van der Waals surface area contributed by atoms with E-state index in [0.29, 0.717) is 34.9 Å². The summed E-state index contributed by atoms with van der Waals surface area (Å²) in [4.78, 5) is 32.5. The molecule has 4 aromatic heterocycles. The van der Waals surface area contributed by atoms with Gasteiger partial charge in [0.2, 0.25) is 0 Å². The first-order valence-corrected chi connectivity index (χ1v) is 33.6. The van der Waals surface area contributed by atoms with Gasteiger partial charge in [-0.1, -0.05) is 289 Å². The largest absolute Gasteiger partial charge is 0.309 e. The first kappa shape index (κ1) is 57.0. The molecule has 462 valence electrons. The average Bonchev–Trinajstić information content (AvgIpc) is 1.53. The quantitative estimate of drug-likeness (QED) is 0.136. The smallest absolute Gasteiger partial charge is 0.164 e. The highest BCUT2D eigenvalue weighted by Crippen LogP contribution is 2.56. The summed E-state index contributed by atoms with van der Waals surface area (Å²) in [6.07, 6.45) is 0. The molecule has 0 radical (unpaired) electrons. The van der Waals surface area contributed by atoms with Crippen molar-refractivity contribution in [3.63, 3.8) is 0 Å². The number of benzene rings is 13. The highest BCUT2D eigenvalue weighted by molar-refractivity contribution is 6.17. The molecule has 8 nitrogen and oxygen atoms in total. The number of aromatic nitrogens is 8. The Morgan fingerprint density at radius 3 is 0.929 bits per heavy atom. The molecule has 0 saturated carbocycles. The SMILES string of the molecule is CC1(C)c2ccccc2-c2ccc3c(c21)c1ccccc1n3-c1cccc(-c2nc(-c3ccccc3)nc(-c3ccccc3)n2)c1-c1cccc(-c2c(-c3nc(-c4ccccc4)nc(-c4ccccc4)n3)cccc2-n2c3ccccc3c3c4c(ccc32)-c2ccccc2C4(C)C)c1. The van der Waals surface area contributed by atoms with Crippen LogP contribution in [0.25, 0.3) is 168 Å². The number of fused-ring (bicyclic) bond motifs is 14. The number of nitrogens with zero attached hydrogens (tertiary/aromatic N) is 8. The molecule has 0 fully saturated rings. The van der Waals surface area contributed by atoms with Gasteiger partial charge >= 0.3 is 0 Å². The zero-order valence-corrected chi connectivity index (χ0v) is 54.4. The van der Waals surface area contributed by atoms with Crippen molar-refractivity contribution in [1.82, 2.24) is 39.0 Å². The van der Waals surface area contributed by atoms with E-state index in [2.05, 4.69) is 267 Å². The number of rotatable bonds is 10. The topological polar surface area (TPSA) is 87.2 Å². The molecule has 19 rings (SSSR count). The molecule has 17 aromatic rings. The van der Waals surface area contributed by atoms with Crippen LogP contribution in [0.1, 0.15) is 49.9 Å². The van der Waals surface area contributed by atoms with Gasteiger partial charge in [0.05, 0.1) is 33.4 Å². The lowest BCUT2D eigenvalue weighted by atomic mass is 9.80. The third-order valence-electron chi connectivity index (χ3n) is 20.6. The second-order valence-electron chi connectivity index (χ2n) is 26.9. The van der Waals surface area contributed by atoms with Gasteiger partial charge in [0, 0.05) is 76.9 Å². The van der Waals surface area contributed by atoms with Gasteiger partial charge in [-0.05, 0) is 98.1 Å². The van der Waals surface area contributed by atoms with Gasteiger partial charge in [-0.25, -0.2) is 29.9 Å². The van der Waals surface area contributed by atoms with Crippen LogP contribution >= 0.6 is 0 Å². The molecule has 0 bridgehead atoms. The van der Waals surface area contributed by atoms with Crippen LogP contribution in [0.2, 0.25) is 0 Å². The minimum atomic E-state index is -0.281. The molecule has 0 amide bonds. The van der Waals surface area contributed by atoms with E-state index < -0.39 is 0 Å². The molecule has 0 unspecified atom stereocenters. The predicted molar refractivity (Wildman–Crippen MR) is 401 cm³/mol. The lowest BCUT2D eigenvalue weighted by molar-refractivity contribution is 0.666. The summed E-state index contributed by atoms with van der Waals surface area (Å²) in [5.74, 6) is 3.43. The van der Waals surface area contributed by atoms with Crippen molar-refractivity contribution in [2.75, 3.05) is 0 Å². The highest BCUT2D eigenvalue weighted by atomic mass is 15.1. The first-order chi connectivity index (χ1) is 48.2. The van der Waals surface area contributed by atoms with E-state index in [1.807, 2.05) is 72.8 Å². The third-order valence-corrected chi connectivity index (χ3v) is 20.6. The fourth-order valence-corrected chi connectivity index (χ4v) is 16.3. The summed E-state index contributed by atoms with van der Waals surface area (Å²) < 4.78 is 4.98. The van der Waals surface area contributed by atoms with Crippen molar-refractivity contribution in [1.29, 1.82) is 0 Å². The second-order valence-corrected chi connectivity index (χ2v) is 26.9. The molecule has 0 spiro atoms. The summed E-state index contributed by atoms with van der Waals surface area (Å²) in [6, 6.07) is 108. The maximum Gasteiger partial charge on any atom is 0.164 e. The van der Waals surface area contributed by atoms with Crippen LogP contribution in [-0.4, -0.2) is 39.0 Å². The molecular formula is C90H62N8. The Labute approximate surface area is 567 Å². The van der Waals surface area contributed by atoms with Crippen LogP contribution in [0.15, 0.2) is 303 Å². The molecule has 98 heavy (non-hydrogen) atoms. The zero-order chi connectivity index (χ0) is 65.4. The van der Waals surface area contributed by atoms with Crippen LogP contribution in [0.5, 0.6) is 0 Å². The van der Waals surface area contributed by atoms with Gasteiger partial charge in [0.15, 0.2) is 34.9 Å². The van der Waals surface area contributed by atoms with E-state index in [-0.39, 0.29) is 10.8 Å². The minimum absolute atomic E-state index is 0.281. The van der Waals surface area contributed by atoms with Gasteiger partial charge in [0.1, 0.15) is 0 Å². The van der Waals surface area contributed by atoms with Gasteiger partial charge in [-0.2, -0.15) is 0 Å². The summed E-state index contributed by atoms with van der Waals surface area (Å²) >= 11 is 0. The van der Waals surface area contributed by atoms with Crippen molar-refractivity contribution in [2.45, 2.75) is 38.5 Å². The Hall–Kier alpha value is -12.5. The van der Waals surface area contributed by atoms with Crippen LogP contribution < -0.4 is 0 Å². The van der Waals surface area contributed by atoms with E-state index in [4.69, 9.17) is 29.9 Å². The molecule has 0 aliphatic heterocycles. The number of hydrogen-bond donors (Lipinski definition) is 0. The summed E-state index contributed by atoms with van der Waals surface area (Å²) in [5, 5.41) is 4.86. The van der Waals surface area contributed by atoms with E-state index >= 15 is 0 Å². The lowest BCUT2D eigenvalue weighted by Gasteiger charge is -2.23. The fourth-order valence-electron chi connectivity index (χ4n) is 16.3. The molecule has 13 aromatic carbocycles. The Kier molecular flexibility index (Phi) is 12.8. The normalized spacial score (nSPS) is 13.3. The van der Waals surface area contributed by atoms with Crippen LogP contribution in [0, 0.1) is 0 Å². The van der Waals surface area contributed by atoms with Crippen LogP contribution in [0.4, 0.5) is 0 Å². The maximum absolute atomic E-state index is 5.52. The van der Waals surface area contributed by atoms with Crippen LogP contribution in [0.3, 0.4) is 0 Å².